The van der Waals surface area contributed by atoms with E-state index in [1.165, 1.54) is 10.1 Å². The highest BCUT2D eigenvalue weighted by Crippen LogP contribution is 2.31. The molecule has 0 spiro atoms. The molecule has 0 aromatic rings. The molecule has 1 heteroatoms. The van der Waals surface area contributed by atoms with Crippen molar-refractivity contribution in [3.8, 4) is 0 Å². The van der Waals surface area contributed by atoms with Crippen LogP contribution in [0, 0.1) is 5.92 Å². The van der Waals surface area contributed by atoms with E-state index in [1.807, 2.05) is 0 Å². The molecule has 2 aliphatic carbocycles. The smallest absolute Gasteiger partial charge is 0.0216 e. The molecule has 0 nitrogen and oxygen atoms in total. The van der Waals surface area contributed by atoms with Crippen molar-refractivity contribution >= 4 is 15.9 Å². The number of hydrogen-bond acceptors (Lipinski definition) is 0. The van der Waals surface area contributed by atoms with Gasteiger partial charge >= 0.3 is 0 Å². The van der Waals surface area contributed by atoms with Gasteiger partial charge < -0.3 is 0 Å². The van der Waals surface area contributed by atoms with Crippen molar-refractivity contribution in [3.63, 3.8) is 0 Å². The van der Waals surface area contributed by atoms with E-state index >= 15 is 0 Å². The van der Waals surface area contributed by atoms with Gasteiger partial charge in [0.25, 0.3) is 0 Å². The maximum atomic E-state index is 3.45. The zero-order valence-electron chi connectivity index (χ0n) is 5.42. The summed E-state index contributed by atoms with van der Waals surface area (Å²) < 4.78 is 1.20. The molecule has 0 radical (unpaired) electrons. The van der Waals surface area contributed by atoms with Crippen LogP contribution in [0.25, 0.3) is 0 Å². The Bertz CT molecular complexity index is 266. The van der Waals surface area contributed by atoms with Gasteiger partial charge in [-0.2, -0.15) is 0 Å². The maximum Gasteiger partial charge on any atom is 0.0216 e. The first kappa shape index (κ1) is 6.17. The summed E-state index contributed by atoms with van der Waals surface area (Å²) in [6.45, 7) is 0. The van der Waals surface area contributed by atoms with Gasteiger partial charge in [-0.05, 0) is 11.6 Å². The van der Waals surface area contributed by atoms with Gasteiger partial charge in [0.05, 0.1) is 0 Å². The van der Waals surface area contributed by atoms with Gasteiger partial charge in [0.1, 0.15) is 0 Å². The Balaban J connectivity index is 2.40. The molecule has 0 aliphatic heterocycles. The molecule has 0 saturated carbocycles. The van der Waals surface area contributed by atoms with Crippen LogP contribution in [0.4, 0.5) is 0 Å². The third kappa shape index (κ3) is 0.907. The van der Waals surface area contributed by atoms with Crippen molar-refractivity contribution in [1.82, 2.24) is 0 Å². The Hall–Kier alpha value is -0.560. The Kier molecular flexibility index (Phi) is 1.38. The van der Waals surface area contributed by atoms with E-state index in [2.05, 4.69) is 52.4 Å². The Morgan fingerprint density at radius 3 is 3.00 bits per heavy atom. The fourth-order valence-corrected chi connectivity index (χ4v) is 1.80. The zero-order valence-corrected chi connectivity index (χ0v) is 7.01. The molecular weight excluding hydrogens is 188 g/mol. The highest BCUT2D eigenvalue weighted by atomic mass is 79.9. The molecule has 10 heavy (non-hydrogen) atoms. The molecular formula is C9H7Br. The second kappa shape index (κ2) is 2.24. The first-order chi connectivity index (χ1) is 4.86. The van der Waals surface area contributed by atoms with Crippen LogP contribution in [0.15, 0.2) is 46.5 Å². The largest absolute Gasteiger partial charge is 0.0732 e. The summed E-state index contributed by atoms with van der Waals surface area (Å²) in [6, 6.07) is 0. The summed E-state index contributed by atoms with van der Waals surface area (Å²) in [5.41, 5.74) is 1.38. The molecule has 50 valence electrons. The lowest BCUT2D eigenvalue weighted by atomic mass is 9.99. The Morgan fingerprint density at radius 1 is 1.30 bits per heavy atom. The second-order valence-electron chi connectivity index (χ2n) is 2.47. The van der Waals surface area contributed by atoms with Gasteiger partial charge in [-0.1, -0.05) is 46.3 Å². The Labute approximate surface area is 68.8 Å². The fraction of sp³-hybridized carbons (Fsp3) is 0.111. The number of hydrogen-bond donors (Lipinski definition) is 0. The van der Waals surface area contributed by atoms with Crippen molar-refractivity contribution in [3.05, 3.63) is 46.5 Å². The fourth-order valence-electron chi connectivity index (χ4n) is 1.25. The first-order valence-corrected chi connectivity index (χ1v) is 4.09. The zero-order chi connectivity index (χ0) is 6.97. The summed E-state index contributed by atoms with van der Waals surface area (Å²) >= 11 is 3.45. The number of allylic oxidation sites excluding steroid dienone is 8. The monoisotopic (exact) mass is 194 g/mol. The van der Waals surface area contributed by atoms with Gasteiger partial charge in [0.2, 0.25) is 0 Å². The van der Waals surface area contributed by atoms with E-state index in [1.54, 1.807) is 0 Å². The molecule has 1 atom stereocenters. The first-order valence-electron chi connectivity index (χ1n) is 3.30. The topological polar surface area (TPSA) is 0 Å². The summed E-state index contributed by atoms with van der Waals surface area (Å²) in [7, 11) is 0. The van der Waals surface area contributed by atoms with E-state index in [4.69, 9.17) is 0 Å². The van der Waals surface area contributed by atoms with Crippen LogP contribution in [0.3, 0.4) is 0 Å². The average molecular weight is 195 g/mol. The molecule has 0 fully saturated rings. The standard InChI is InChI=1S/C9H7Br/c10-9-5-7-3-1-2-4-8(7)6-9/h1-7H. The number of halogens is 1. The number of rotatable bonds is 0. The molecule has 0 aromatic carbocycles. The van der Waals surface area contributed by atoms with Crippen molar-refractivity contribution in [1.29, 1.82) is 0 Å². The molecule has 0 amide bonds. The van der Waals surface area contributed by atoms with E-state index in [0.717, 1.165) is 0 Å². The lowest BCUT2D eigenvalue weighted by Gasteiger charge is -2.06. The second-order valence-corrected chi connectivity index (χ2v) is 3.38. The molecule has 2 rings (SSSR count). The third-order valence-corrected chi connectivity index (χ3v) is 2.24. The minimum atomic E-state index is 0.527. The van der Waals surface area contributed by atoms with E-state index < -0.39 is 0 Å². The van der Waals surface area contributed by atoms with Crippen LogP contribution >= 0.6 is 15.9 Å². The maximum absolute atomic E-state index is 3.45. The third-order valence-electron chi connectivity index (χ3n) is 1.75. The summed E-state index contributed by atoms with van der Waals surface area (Å²) in [5.74, 6) is 0.527. The van der Waals surface area contributed by atoms with Crippen LogP contribution in [-0.4, -0.2) is 0 Å². The van der Waals surface area contributed by atoms with Crippen molar-refractivity contribution in [2.75, 3.05) is 0 Å². The van der Waals surface area contributed by atoms with Crippen molar-refractivity contribution < 1.29 is 0 Å². The lowest BCUT2D eigenvalue weighted by Crippen LogP contribution is -1.92. The van der Waals surface area contributed by atoms with Crippen LogP contribution in [0.2, 0.25) is 0 Å². The molecule has 0 aromatic heterocycles. The van der Waals surface area contributed by atoms with Crippen LogP contribution in [0.1, 0.15) is 0 Å². The molecule has 0 bridgehead atoms. The van der Waals surface area contributed by atoms with Crippen LogP contribution in [-0.2, 0) is 0 Å². The van der Waals surface area contributed by atoms with E-state index in [0.29, 0.717) is 5.92 Å². The minimum Gasteiger partial charge on any atom is -0.0732 e. The molecule has 0 saturated heterocycles. The van der Waals surface area contributed by atoms with Crippen molar-refractivity contribution in [2.45, 2.75) is 0 Å². The van der Waals surface area contributed by atoms with Gasteiger partial charge in [-0.15, -0.1) is 0 Å². The van der Waals surface area contributed by atoms with Gasteiger partial charge in [0.15, 0.2) is 0 Å². The average Bonchev–Trinajstić information content (AvgIpc) is 2.27. The SMILES string of the molecule is BrC1=CC2C=CC=CC2=C1. The van der Waals surface area contributed by atoms with Gasteiger partial charge in [-0.25, -0.2) is 0 Å². The van der Waals surface area contributed by atoms with E-state index in [9.17, 15) is 0 Å². The molecule has 1 unspecified atom stereocenters. The van der Waals surface area contributed by atoms with Gasteiger partial charge in [-0.3, -0.25) is 0 Å². The summed E-state index contributed by atoms with van der Waals surface area (Å²) in [4.78, 5) is 0. The van der Waals surface area contributed by atoms with Crippen LogP contribution in [0.5, 0.6) is 0 Å². The van der Waals surface area contributed by atoms with Crippen molar-refractivity contribution in [2.24, 2.45) is 5.92 Å². The highest BCUT2D eigenvalue weighted by Gasteiger charge is 2.13. The molecule has 2 aliphatic rings. The predicted octanol–water partition coefficient (Wildman–Crippen LogP) is 2.95. The summed E-state index contributed by atoms with van der Waals surface area (Å²) in [6.07, 6.45) is 12.9. The summed E-state index contributed by atoms with van der Waals surface area (Å²) in [5, 5.41) is 0. The molecule has 0 N–H and O–H groups in total. The van der Waals surface area contributed by atoms with Crippen LogP contribution < -0.4 is 0 Å². The normalized spacial score (nSPS) is 27.9. The highest BCUT2D eigenvalue weighted by molar-refractivity contribution is 9.11. The van der Waals surface area contributed by atoms with Gasteiger partial charge in [0, 0.05) is 10.4 Å². The quantitative estimate of drug-likeness (QED) is 0.557. The number of fused-ring (bicyclic) bond motifs is 1. The minimum absolute atomic E-state index is 0.527. The molecule has 0 heterocycles. The predicted molar refractivity (Wildman–Crippen MR) is 46.9 cm³/mol. The van der Waals surface area contributed by atoms with E-state index in [-0.39, 0.29) is 0 Å². The lowest BCUT2D eigenvalue weighted by molar-refractivity contribution is 1.02. The Morgan fingerprint density at radius 2 is 2.20 bits per heavy atom.